The van der Waals surface area contributed by atoms with Crippen LogP contribution < -0.4 is 4.74 Å². The van der Waals surface area contributed by atoms with E-state index in [0.717, 1.165) is 41.8 Å². The summed E-state index contributed by atoms with van der Waals surface area (Å²) in [7, 11) is 1.68. The molecule has 0 radical (unpaired) electrons. The second kappa shape index (κ2) is 7.47. The number of Topliss-reactive ketones (excluding diaryl/α,β-unsaturated/α-hetero) is 1. The minimum absolute atomic E-state index is 0.153. The second-order valence-electron chi connectivity index (χ2n) is 8.21. The molecule has 2 saturated heterocycles. The number of piperidine rings is 1. The number of methoxy groups -OCH3 is 1. The molecule has 0 amide bonds. The highest BCUT2D eigenvalue weighted by molar-refractivity contribution is 6.00. The Kier molecular flexibility index (Phi) is 5.05. The van der Waals surface area contributed by atoms with Crippen LogP contribution in [0.2, 0.25) is 0 Å². The number of rotatable bonds is 5. The van der Waals surface area contributed by atoms with E-state index in [-0.39, 0.29) is 5.92 Å². The van der Waals surface area contributed by atoms with E-state index < -0.39 is 0 Å². The van der Waals surface area contributed by atoms with Crippen LogP contribution in [-0.2, 0) is 6.54 Å². The van der Waals surface area contributed by atoms with E-state index in [0.29, 0.717) is 17.9 Å². The van der Waals surface area contributed by atoms with Gasteiger partial charge in [-0.25, -0.2) is 0 Å². The lowest BCUT2D eigenvalue weighted by Crippen LogP contribution is -2.44. The minimum Gasteiger partial charge on any atom is -0.497 e. The molecular formula is C24H29NO2. The van der Waals surface area contributed by atoms with E-state index in [1.165, 1.54) is 18.4 Å². The van der Waals surface area contributed by atoms with Crippen molar-refractivity contribution in [3.05, 3.63) is 64.7 Å². The molecule has 0 saturated carbocycles. The third-order valence-electron chi connectivity index (χ3n) is 6.45. The number of fused-ring (bicyclic) bond motifs is 2. The fourth-order valence-electron chi connectivity index (χ4n) is 5.18. The van der Waals surface area contributed by atoms with Gasteiger partial charge in [0.2, 0.25) is 0 Å². The van der Waals surface area contributed by atoms with Crippen LogP contribution in [0, 0.1) is 19.8 Å². The molecule has 2 aliphatic rings. The Bertz CT molecular complexity index is 793. The van der Waals surface area contributed by atoms with Crippen LogP contribution in [0.5, 0.6) is 5.75 Å². The van der Waals surface area contributed by atoms with Gasteiger partial charge in [-0.1, -0.05) is 30.3 Å². The molecular weight excluding hydrogens is 334 g/mol. The molecule has 2 heterocycles. The van der Waals surface area contributed by atoms with E-state index >= 15 is 0 Å². The fourth-order valence-corrected chi connectivity index (χ4v) is 5.18. The molecule has 2 fully saturated rings. The molecule has 142 valence electrons. The minimum atomic E-state index is 0.153. The molecule has 2 aromatic rings. The lowest BCUT2D eigenvalue weighted by Gasteiger charge is -2.38. The molecule has 3 heteroatoms. The standard InChI is InChI=1S/C24H29NO2/c1-16-11-22(27-3)12-17(2)23(16)24(26)19-13-20-9-10-21(14-19)25(20)15-18-7-5-4-6-8-18/h4-8,11-12,19-21H,9-10,13-15H2,1-3H3. The maximum atomic E-state index is 13.4. The maximum Gasteiger partial charge on any atom is 0.166 e. The van der Waals surface area contributed by atoms with Crippen LogP contribution in [-0.4, -0.2) is 29.9 Å². The fraction of sp³-hybridized carbons (Fsp3) is 0.458. The summed E-state index contributed by atoms with van der Waals surface area (Å²) in [6.07, 6.45) is 4.43. The summed E-state index contributed by atoms with van der Waals surface area (Å²) in [4.78, 5) is 16.0. The Morgan fingerprint density at radius 1 is 1.04 bits per heavy atom. The topological polar surface area (TPSA) is 29.5 Å². The van der Waals surface area contributed by atoms with Gasteiger partial charge in [0.25, 0.3) is 0 Å². The largest absolute Gasteiger partial charge is 0.497 e. The molecule has 2 aliphatic heterocycles. The zero-order chi connectivity index (χ0) is 19.0. The van der Waals surface area contributed by atoms with E-state index in [2.05, 4.69) is 35.2 Å². The van der Waals surface area contributed by atoms with Gasteiger partial charge >= 0.3 is 0 Å². The molecule has 2 aromatic carbocycles. The molecule has 27 heavy (non-hydrogen) atoms. The van der Waals surface area contributed by atoms with Crippen LogP contribution in [0.4, 0.5) is 0 Å². The molecule has 0 N–H and O–H groups in total. The number of ketones is 1. The third kappa shape index (κ3) is 3.53. The number of benzene rings is 2. The number of hydrogen-bond donors (Lipinski definition) is 0. The van der Waals surface area contributed by atoms with Crippen molar-refractivity contribution in [1.82, 2.24) is 4.90 Å². The zero-order valence-corrected chi connectivity index (χ0v) is 16.6. The number of nitrogens with zero attached hydrogens (tertiary/aromatic N) is 1. The average Bonchev–Trinajstić information content (AvgIpc) is 2.89. The third-order valence-corrected chi connectivity index (χ3v) is 6.45. The van der Waals surface area contributed by atoms with Crippen molar-refractivity contribution >= 4 is 5.78 Å². The van der Waals surface area contributed by atoms with Crippen molar-refractivity contribution in [2.75, 3.05) is 7.11 Å². The first kappa shape index (κ1) is 18.2. The highest BCUT2D eigenvalue weighted by atomic mass is 16.5. The van der Waals surface area contributed by atoms with Crippen molar-refractivity contribution in [2.24, 2.45) is 5.92 Å². The molecule has 2 unspecified atom stereocenters. The van der Waals surface area contributed by atoms with E-state index in [1.807, 2.05) is 26.0 Å². The lowest BCUT2D eigenvalue weighted by atomic mass is 9.82. The van der Waals surface area contributed by atoms with Gasteiger partial charge in [0.1, 0.15) is 5.75 Å². The van der Waals surface area contributed by atoms with Crippen molar-refractivity contribution in [1.29, 1.82) is 0 Å². The summed E-state index contributed by atoms with van der Waals surface area (Å²) >= 11 is 0. The molecule has 2 atom stereocenters. The Balaban J connectivity index is 1.51. The summed E-state index contributed by atoms with van der Waals surface area (Å²) < 4.78 is 5.35. The van der Waals surface area contributed by atoms with Gasteiger partial charge in [-0.2, -0.15) is 0 Å². The van der Waals surface area contributed by atoms with Crippen molar-refractivity contribution in [3.8, 4) is 5.75 Å². The van der Waals surface area contributed by atoms with E-state index in [4.69, 9.17) is 4.74 Å². The van der Waals surface area contributed by atoms with Gasteiger partial charge in [-0.3, -0.25) is 9.69 Å². The monoisotopic (exact) mass is 363 g/mol. The van der Waals surface area contributed by atoms with Gasteiger partial charge in [-0.15, -0.1) is 0 Å². The average molecular weight is 364 g/mol. The molecule has 0 aromatic heterocycles. The first-order valence-electron chi connectivity index (χ1n) is 10.1. The predicted octanol–water partition coefficient (Wildman–Crippen LogP) is 4.94. The lowest BCUT2D eigenvalue weighted by molar-refractivity contribution is 0.0677. The van der Waals surface area contributed by atoms with Crippen molar-refractivity contribution in [3.63, 3.8) is 0 Å². The van der Waals surface area contributed by atoms with Gasteiger partial charge in [0.05, 0.1) is 7.11 Å². The smallest absolute Gasteiger partial charge is 0.166 e. The second-order valence-corrected chi connectivity index (χ2v) is 8.21. The summed E-state index contributed by atoms with van der Waals surface area (Å²) in [5.41, 5.74) is 4.37. The van der Waals surface area contributed by atoms with E-state index in [9.17, 15) is 4.79 Å². The zero-order valence-electron chi connectivity index (χ0n) is 16.6. The van der Waals surface area contributed by atoms with Crippen molar-refractivity contribution in [2.45, 2.75) is 58.2 Å². The van der Waals surface area contributed by atoms with Gasteiger partial charge < -0.3 is 4.74 Å². The highest BCUT2D eigenvalue weighted by Gasteiger charge is 2.43. The number of aryl methyl sites for hydroxylation is 2. The molecule has 0 spiro atoms. The summed E-state index contributed by atoms with van der Waals surface area (Å²) in [6.45, 7) is 5.07. The number of hydrogen-bond acceptors (Lipinski definition) is 3. The number of carbonyl (C=O) groups excluding carboxylic acids is 1. The van der Waals surface area contributed by atoms with Crippen LogP contribution in [0.25, 0.3) is 0 Å². The molecule has 2 bridgehead atoms. The Morgan fingerprint density at radius 3 is 2.19 bits per heavy atom. The first-order valence-corrected chi connectivity index (χ1v) is 10.1. The van der Waals surface area contributed by atoms with E-state index in [1.54, 1.807) is 7.11 Å². The van der Waals surface area contributed by atoms with Crippen LogP contribution >= 0.6 is 0 Å². The quantitative estimate of drug-likeness (QED) is 0.705. The van der Waals surface area contributed by atoms with Gasteiger partial charge in [0.15, 0.2) is 5.78 Å². The van der Waals surface area contributed by atoms with Crippen LogP contribution in [0.1, 0.15) is 52.7 Å². The van der Waals surface area contributed by atoms with Crippen LogP contribution in [0.3, 0.4) is 0 Å². The maximum absolute atomic E-state index is 13.4. The molecule has 3 nitrogen and oxygen atoms in total. The van der Waals surface area contributed by atoms with Gasteiger partial charge in [0, 0.05) is 30.1 Å². The predicted molar refractivity (Wildman–Crippen MR) is 108 cm³/mol. The Labute approximate surface area is 162 Å². The SMILES string of the molecule is COc1cc(C)c(C(=O)C2CC3CCC(C2)N3Cc2ccccc2)c(C)c1. The molecule has 0 aliphatic carbocycles. The summed E-state index contributed by atoms with van der Waals surface area (Å²) in [6, 6.07) is 15.8. The first-order chi connectivity index (χ1) is 13.1. The number of ether oxygens (including phenoxy) is 1. The number of carbonyl (C=O) groups is 1. The molecule has 4 rings (SSSR count). The summed E-state index contributed by atoms with van der Waals surface area (Å²) in [5, 5.41) is 0. The van der Waals surface area contributed by atoms with Gasteiger partial charge in [-0.05, 0) is 68.4 Å². The van der Waals surface area contributed by atoms with Crippen molar-refractivity contribution < 1.29 is 9.53 Å². The Hall–Kier alpha value is -2.13. The highest BCUT2D eigenvalue weighted by Crippen LogP contribution is 2.41. The van der Waals surface area contributed by atoms with Crippen LogP contribution in [0.15, 0.2) is 42.5 Å². The normalized spacial score (nSPS) is 24.8. The Morgan fingerprint density at radius 2 is 1.63 bits per heavy atom. The summed E-state index contributed by atoms with van der Waals surface area (Å²) in [5.74, 6) is 1.32.